The van der Waals surface area contributed by atoms with E-state index in [1.54, 1.807) is 6.07 Å². The monoisotopic (exact) mass is 395 g/mol. The number of benzene rings is 2. The molecule has 3 rings (SSSR count). The van der Waals surface area contributed by atoms with Gasteiger partial charge in [-0.1, -0.05) is 12.1 Å². The van der Waals surface area contributed by atoms with Gasteiger partial charge in [0.15, 0.2) is 11.5 Å². The molecule has 0 fully saturated rings. The van der Waals surface area contributed by atoms with E-state index in [-0.39, 0.29) is 5.91 Å². The van der Waals surface area contributed by atoms with Crippen LogP contribution in [0.25, 0.3) is 0 Å². The molecule has 0 saturated heterocycles. The smallest absolute Gasteiger partial charge is 0.251 e. The maximum absolute atomic E-state index is 12.1. The van der Waals surface area contributed by atoms with Crippen LogP contribution in [0.5, 0.6) is 11.5 Å². The second kappa shape index (κ2) is 6.34. The van der Waals surface area contributed by atoms with Gasteiger partial charge in [0.05, 0.1) is 0 Å². The van der Waals surface area contributed by atoms with Crippen LogP contribution >= 0.6 is 22.6 Å². The molecule has 21 heavy (non-hydrogen) atoms. The van der Waals surface area contributed by atoms with Crippen LogP contribution in [0, 0.1) is 3.57 Å². The summed E-state index contributed by atoms with van der Waals surface area (Å²) in [5.41, 5.74) is 1.65. The van der Waals surface area contributed by atoms with Crippen molar-refractivity contribution < 1.29 is 14.3 Å². The Labute approximate surface area is 136 Å². The molecule has 0 bridgehead atoms. The van der Waals surface area contributed by atoms with Gasteiger partial charge < -0.3 is 14.8 Å². The average Bonchev–Trinajstić information content (AvgIpc) is 2.52. The minimum Gasteiger partial charge on any atom is -0.486 e. The summed E-state index contributed by atoms with van der Waals surface area (Å²) in [5, 5.41) is 2.91. The van der Waals surface area contributed by atoms with E-state index in [0.717, 1.165) is 20.6 Å². The molecule has 1 aliphatic rings. The van der Waals surface area contributed by atoms with Gasteiger partial charge in [-0.3, -0.25) is 4.79 Å². The molecule has 108 valence electrons. The highest BCUT2D eigenvalue weighted by molar-refractivity contribution is 14.1. The SMILES string of the molecule is O=C(NCc1ccc2c(c1)OCCO2)c1cccc(I)c1. The molecule has 1 N–H and O–H groups in total. The summed E-state index contributed by atoms with van der Waals surface area (Å²) >= 11 is 2.19. The minimum atomic E-state index is -0.0802. The predicted molar refractivity (Wildman–Crippen MR) is 87.8 cm³/mol. The highest BCUT2D eigenvalue weighted by Gasteiger charge is 2.12. The molecule has 1 heterocycles. The Morgan fingerprint density at radius 2 is 1.90 bits per heavy atom. The zero-order valence-electron chi connectivity index (χ0n) is 11.3. The molecule has 0 saturated carbocycles. The Kier molecular flexibility index (Phi) is 4.28. The number of hydrogen-bond acceptors (Lipinski definition) is 3. The zero-order valence-corrected chi connectivity index (χ0v) is 13.4. The fourth-order valence-electron chi connectivity index (χ4n) is 2.11. The molecular formula is C16H14INO3. The van der Waals surface area contributed by atoms with E-state index < -0.39 is 0 Å². The third-order valence-electron chi connectivity index (χ3n) is 3.15. The van der Waals surface area contributed by atoms with Gasteiger partial charge in [-0.2, -0.15) is 0 Å². The first-order chi connectivity index (χ1) is 10.2. The van der Waals surface area contributed by atoms with Crippen molar-refractivity contribution in [2.45, 2.75) is 6.54 Å². The summed E-state index contributed by atoms with van der Waals surface area (Å²) in [6.45, 7) is 1.60. The Morgan fingerprint density at radius 3 is 2.71 bits per heavy atom. The molecule has 0 aromatic heterocycles. The first-order valence-corrected chi connectivity index (χ1v) is 7.72. The van der Waals surface area contributed by atoms with Gasteiger partial charge in [0, 0.05) is 15.7 Å². The van der Waals surface area contributed by atoms with E-state index in [1.165, 1.54) is 0 Å². The number of nitrogens with one attached hydrogen (secondary N) is 1. The number of rotatable bonds is 3. The number of fused-ring (bicyclic) bond motifs is 1. The van der Waals surface area contributed by atoms with Gasteiger partial charge in [0.25, 0.3) is 5.91 Å². The first kappa shape index (κ1) is 14.2. The quantitative estimate of drug-likeness (QED) is 0.814. The molecule has 5 heteroatoms. The van der Waals surface area contributed by atoms with Gasteiger partial charge in [0.1, 0.15) is 13.2 Å². The molecular weight excluding hydrogens is 381 g/mol. The Hall–Kier alpha value is -1.76. The summed E-state index contributed by atoms with van der Waals surface area (Å²) in [6, 6.07) is 13.2. The zero-order chi connectivity index (χ0) is 14.7. The first-order valence-electron chi connectivity index (χ1n) is 6.65. The summed E-state index contributed by atoms with van der Waals surface area (Å²) in [4.78, 5) is 12.1. The normalized spacial score (nSPS) is 12.8. The van der Waals surface area contributed by atoms with Crippen molar-refractivity contribution in [3.63, 3.8) is 0 Å². The molecule has 0 unspecified atom stereocenters. The van der Waals surface area contributed by atoms with Crippen molar-refractivity contribution in [3.05, 3.63) is 57.2 Å². The van der Waals surface area contributed by atoms with E-state index in [2.05, 4.69) is 27.9 Å². The van der Waals surface area contributed by atoms with Crippen molar-refractivity contribution in [2.24, 2.45) is 0 Å². The third kappa shape index (κ3) is 3.47. The van der Waals surface area contributed by atoms with Gasteiger partial charge in [-0.05, 0) is 58.5 Å². The van der Waals surface area contributed by atoms with Crippen molar-refractivity contribution in [3.8, 4) is 11.5 Å². The van der Waals surface area contributed by atoms with E-state index in [0.29, 0.717) is 25.3 Å². The fourth-order valence-corrected chi connectivity index (χ4v) is 2.65. The molecule has 1 aliphatic heterocycles. The van der Waals surface area contributed by atoms with Crippen LogP contribution in [0.2, 0.25) is 0 Å². The highest BCUT2D eigenvalue weighted by atomic mass is 127. The Balaban J connectivity index is 1.66. The van der Waals surface area contributed by atoms with E-state index >= 15 is 0 Å². The van der Waals surface area contributed by atoms with E-state index in [4.69, 9.17) is 9.47 Å². The molecule has 4 nitrogen and oxygen atoms in total. The van der Waals surface area contributed by atoms with E-state index in [9.17, 15) is 4.79 Å². The minimum absolute atomic E-state index is 0.0802. The van der Waals surface area contributed by atoms with Gasteiger partial charge >= 0.3 is 0 Å². The van der Waals surface area contributed by atoms with Crippen LogP contribution < -0.4 is 14.8 Å². The van der Waals surface area contributed by atoms with Crippen molar-refractivity contribution >= 4 is 28.5 Å². The van der Waals surface area contributed by atoms with Gasteiger partial charge in [0.2, 0.25) is 0 Å². The topological polar surface area (TPSA) is 47.6 Å². The van der Waals surface area contributed by atoms with Crippen LogP contribution in [0.15, 0.2) is 42.5 Å². The standard InChI is InChI=1S/C16H14INO3/c17-13-3-1-2-12(9-13)16(19)18-10-11-4-5-14-15(8-11)21-7-6-20-14/h1-5,8-9H,6-7,10H2,(H,18,19). The second-order valence-corrected chi connectivity index (χ2v) is 5.92. The van der Waals surface area contributed by atoms with Crippen molar-refractivity contribution in [2.75, 3.05) is 13.2 Å². The lowest BCUT2D eigenvalue weighted by atomic mass is 10.1. The Bertz CT molecular complexity index is 672. The van der Waals surface area contributed by atoms with Crippen molar-refractivity contribution in [1.82, 2.24) is 5.32 Å². The maximum Gasteiger partial charge on any atom is 0.251 e. The van der Waals surface area contributed by atoms with Crippen LogP contribution in [-0.4, -0.2) is 19.1 Å². The third-order valence-corrected chi connectivity index (χ3v) is 3.82. The number of hydrogen-bond donors (Lipinski definition) is 1. The molecule has 2 aromatic rings. The highest BCUT2D eigenvalue weighted by Crippen LogP contribution is 2.30. The second-order valence-electron chi connectivity index (χ2n) is 4.67. The lowest BCUT2D eigenvalue weighted by molar-refractivity contribution is 0.0950. The number of carbonyl (C=O) groups excluding carboxylic acids is 1. The molecule has 2 aromatic carbocycles. The average molecular weight is 395 g/mol. The summed E-state index contributed by atoms with van der Waals surface area (Å²) in [5.74, 6) is 1.42. The maximum atomic E-state index is 12.1. The Morgan fingerprint density at radius 1 is 1.10 bits per heavy atom. The number of halogens is 1. The number of ether oxygens (including phenoxy) is 2. The van der Waals surface area contributed by atoms with Crippen molar-refractivity contribution in [1.29, 1.82) is 0 Å². The number of carbonyl (C=O) groups is 1. The molecule has 0 spiro atoms. The van der Waals surface area contributed by atoms with Gasteiger partial charge in [-0.25, -0.2) is 0 Å². The summed E-state index contributed by atoms with van der Waals surface area (Å²) in [6.07, 6.45) is 0. The molecule has 0 aliphatic carbocycles. The van der Waals surface area contributed by atoms with Crippen LogP contribution in [0.3, 0.4) is 0 Å². The number of amides is 1. The van der Waals surface area contributed by atoms with Gasteiger partial charge in [-0.15, -0.1) is 0 Å². The molecule has 0 atom stereocenters. The van der Waals surface area contributed by atoms with Crippen LogP contribution in [-0.2, 0) is 6.54 Å². The molecule has 1 amide bonds. The predicted octanol–water partition coefficient (Wildman–Crippen LogP) is 2.99. The summed E-state index contributed by atoms with van der Waals surface area (Å²) in [7, 11) is 0. The largest absolute Gasteiger partial charge is 0.486 e. The fraction of sp³-hybridized carbons (Fsp3) is 0.188. The lowest BCUT2D eigenvalue weighted by Crippen LogP contribution is -2.23. The van der Waals surface area contributed by atoms with Crippen LogP contribution in [0.4, 0.5) is 0 Å². The lowest BCUT2D eigenvalue weighted by Gasteiger charge is -2.19. The van der Waals surface area contributed by atoms with Crippen LogP contribution in [0.1, 0.15) is 15.9 Å². The summed E-state index contributed by atoms with van der Waals surface area (Å²) < 4.78 is 12.0. The van der Waals surface area contributed by atoms with E-state index in [1.807, 2.05) is 36.4 Å². The molecule has 0 radical (unpaired) electrons.